The van der Waals surface area contributed by atoms with Gasteiger partial charge in [0.2, 0.25) is 12.3 Å². The highest BCUT2D eigenvalue weighted by Crippen LogP contribution is 2.29. The maximum absolute atomic E-state index is 13.1. The molecule has 4 atom stereocenters. The third-order valence-corrected chi connectivity index (χ3v) is 5.94. The van der Waals surface area contributed by atoms with Crippen molar-refractivity contribution in [1.82, 2.24) is 16.0 Å². The zero-order valence-electron chi connectivity index (χ0n) is 17.5. The average Bonchev–Trinajstić information content (AvgIpc) is 3.00. The van der Waals surface area contributed by atoms with Crippen LogP contribution in [0.15, 0.2) is 30.4 Å². The van der Waals surface area contributed by atoms with Gasteiger partial charge in [-0.25, -0.2) is 0 Å². The Morgan fingerprint density at radius 1 is 1.37 bits per heavy atom. The number of anilines is 1. The van der Waals surface area contributed by atoms with Gasteiger partial charge in [-0.05, 0) is 56.7 Å². The lowest BCUT2D eigenvalue weighted by Crippen LogP contribution is -2.48. The van der Waals surface area contributed by atoms with Crippen molar-refractivity contribution in [2.75, 3.05) is 12.3 Å². The van der Waals surface area contributed by atoms with Gasteiger partial charge in [0.25, 0.3) is 5.91 Å². The molecule has 3 amide bonds. The summed E-state index contributed by atoms with van der Waals surface area (Å²) in [4.78, 5) is 36.2. The predicted molar refractivity (Wildman–Crippen MR) is 119 cm³/mol. The van der Waals surface area contributed by atoms with E-state index < -0.39 is 12.0 Å². The Hall–Kier alpha value is -2.54. The lowest BCUT2D eigenvalue weighted by molar-refractivity contribution is -0.126. The minimum absolute atomic E-state index is 0.0550. The van der Waals surface area contributed by atoms with Crippen molar-refractivity contribution in [3.63, 3.8) is 0 Å². The van der Waals surface area contributed by atoms with Crippen molar-refractivity contribution in [1.29, 1.82) is 0 Å². The molecule has 0 bridgehead atoms. The summed E-state index contributed by atoms with van der Waals surface area (Å²) in [6.45, 7) is 8.41. The number of hydrogen-bond donors (Lipinski definition) is 4. The first-order valence-electron chi connectivity index (χ1n) is 10.2. The van der Waals surface area contributed by atoms with Crippen LogP contribution >= 0.6 is 11.6 Å². The third-order valence-electron chi connectivity index (χ3n) is 5.62. The van der Waals surface area contributed by atoms with Crippen molar-refractivity contribution < 1.29 is 14.4 Å². The summed E-state index contributed by atoms with van der Waals surface area (Å²) in [6, 6.07) is 4.32. The third kappa shape index (κ3) is 6.49. The zero-order chi connectivity index (χ0) is 22.3. The summed E-state index contributed by atoms with van der Waals surface area (Å²) < 4.78 is 0. The molecular formula is C22H31ClN4O3. The van der Waals surface area contributed by atoms with Crippen LogP contribution in [0.2, 0.25) is 5.02 Å². The lowest BCUT2D eigenvalue weighted by Gasteiger charge is -2.27. The molecule has 0 radical (unpaired) electrons. The average molecular weight is 435 g/mol. The molecule has 0 spiro atoms. The summed E-state index contributed by atoms with van der Waals surface area (Å²) in [5.41, 5.74) is 7.62. The summed E-state index contributed by atoms with van der Waals surface area (Å²) in [5.74, 6) is -0.528. The molecule has 1 saturated carbocycles. The van der Waals surface area contributed by atoms with Crippen molar-refractivity contribution in [2.24, 2.45) is 11.8 Å². The number of nitrogens with two attached hydrogens (primary N) is 1. The number of halogens is 1. The molecular weight excluding hydrogens is 404 g/mol. The number of nitrogens with one attached hydrogen (secondary N) is 3. The van der Waals surface area contributed by atoms with Gasteiger partial charge in [0.05, 0.1) is 16.6 Å². The number of amides is 3. The van der Waals surface area contributed by atoms with E-state index in [1.807, 2.05) is 6.92 Å². The highest BCUT2D eigenvalue weighted by molar-refractivity contribution is 6.33. The summed E-state index contributed by atoms with van der Waals surface area (Å²) in [6.07, 6.45) is 3.47. The molecule has 5 N–H and O–H groups in total. The van der Waals surface area contributed by atoms with E-state index in [2.05, 4.69) is 29.5 Å². The molecule has 4 unspecified atom stereocenters. The summed E-state index contributed by atoms with van der Waals surface area (Å²) in [5, 5.41) is 8.95. The number of carbonyl (C=O) groups is 3. The van der Waals surface area contributed by atoms with Crippen LogP contribution in [0.5, 0.6) is 0 Å². The first kappa shape index (κ1) is 23.7. The molecule has 1 aliphatic carbocycles. The molecule has 1 aliphatic rings. The number of nitrogen functional groups attached to an aromatic ring is 1. The van der Waals surface area contributed by atoms with Crippen LogP contribution < -0.4 is 21.7 Å². The molecule has 1 aromatic rings. The zero-order valence-corrected chi connectivity index (χ0v) is 18.3. The van der Waals surface area contributed by atoms with Crippen LogP contribution in [0.3, 0.4) is 0 Å². The molecule has 0 aromatic heterocycles. The van der Waals surface area contributed by atoms with Gasteiger partial charge in [0.15, 0.2) is 0 Å². The van der Waals surface area contributed by atoms with Crippen molar-refractivity contribution in [2.45, 2.75) is 51.6 Å². The highest BCUT2D eigenvalue weighted by atomic mass is 35.5. The van der Waals surface area contributed by atoms with Gasteiger partial charge in [-0.15, -0.1) is 0 Å². The largest absolute Gasteiger partial charge is 0.398 e. The van der Waals surface area contributed by atoms with Crippen LogP contribution in [0.25, 0.3) is 0 Å². The van der Waals surface area contributed by atoms with Gasteiger partial charge >= 0.3 is 0 Å². The molecule has 1 fully saturated rings. The fraction of sp³-hybridized carbons (Fsp3) is 0.500. The predicted octanol–water partition coefficient (Wildman–Crippen LogP) is 2.65. The van der Waals surface area contributed by atoms with Gasteiger partial charge < -0.3 is 21.7 Å². The molecule has 1 aromatic carbocycles. The lowest BCUT2D eigenvalue weighted by atomic mass is 9.93. The highest BCUT2D eigenvalue weighted by Gasteiger charge is 2.32. The first-order valence-corrected chi connectivity index (χ1v) is 10.6. The second-order valence-corrected chi connectivity index (χ2v) is 8.48. The van der Waals surface area contributed by atoms with Gasteiger partial charge in [-0.3, -0.25) is 14.4 Å². The molecule has 8 heteroatoms. The topological polar surface area (TPSA) is 113 Å². The minimum Gasteiger partial charge on any atom is -0.398 e. The molecule has 30 heavy (non-hydrogen) atoms. The van der Waals surface area contributed by atoms with Crippen LogP contribution in [0.1, 0.15) is 49.9 Å². The molecule has 164 valence electrons. The Balaban J connectivity index is 2.06. The van der Waals surface area contributed by atoms with E-state index in [1.165, 1.54) is 6.07 Å². The Morgan fingerprint density at radius 3 is 2.70 bits per heavy atom. The van der Waals surface area contributed by atoms with Crippen molar-refractivity contribution >= 4 is 35.5 Å². The van der Waals surface area contributed by atoms with Gasteiger partial charge in [0.1, 0.15) is 0 Å². The molecule has 0 saturated heterocycles. The normalized spacial score (nSPS) is 20.3. The Kier molecular flexibility index (Phi) is 8.72. The summed E-state index contributed by atoms with van der Waals surface area (Å²) in [7, 11) is 0. The van der Waals surface area contributed by atoms with E-state index in [0.717, 1.165) is 18.4 Å². The number of carbonyl (C=O) groups excluding carboxylic acids is 3. The van der Waals surface area contributed by atoms with E-state index in [9.17, 15) is 14.4 Å². The van der Waals surface area contributed by atoms with Gasteiger partial charge in [-0.1, -0.05) is 30.7 Å². The first-order chi connectivity index (χ1) is 14.2. The number of benzene rings is 1. The van der Waals surface area contributed by atoms with Crippen molar-refractivity contribution in [3.05, 3.63) is 40.9 Å². The van der Waals surface area contributed by atoms with Crippen molar-refractivity contribution in [3.8, 4) is 0 Å². The fourth-order valence-electron chi connectivity index (χ4n) is 3.83. The van der Waals surface area contributed by atoms with Crippen LogP contribution in [-0.2, 0) is 9.59 Å². The Bertz CT molecular complexity index is 799. The van der Waals surface area contributed by atoms with Crippen LogP contribution in [0.4, 0.5) is 5.69 Å². The standard InChI is InChI=1S/C22H31ClN4O3/c1-13-9-14(2)20(10-13)27-22(30)17(5-4-8-25-12-28)15(3)26-21(29)16-6-7-19(24)18(23)11-16/h6-7,11-12,14-15,17,20H,1,4-5,8-10,24H2,2-3H3,(H,25,28)(H,26,29)(H,27,30). The number of hydrogen-bond acceptors (Lipinski definition) is 4. The Labute approximate surface area is 182 Å². The maximum Gasteiger partial charge on any atom is 0.251 e. The van der Waals surface area contributed by atoms with Crippen LogP contribution in [0, 0.1) is 11.8 Å². The molecule has 0 aliphatic heterocycles. The molecule has 0 heterocycles. The summed E-state index contributed by atoms with van der Waals surface area (Å²) >= 11 is 6.01. The van der Waals surface area contributed by atoms with E-state index in [0.29, 0.717) is 48.0 Å². The van der Waals surface area contributed by atoms with E-state index >= 15 is 0 Å². The second kappa shape index (κ2) is 11.0. The molecule has 2 rings (SSSR count). The minimum atomic E-state index is -0.437. The van der Waals surface area contributed by atoms with E-state index in [4.69, 9.17) is 17.3 Å². The maximum atomic E-state index is 13.1. The quantitative estimate of drug-likeness (QED) is 0.196. The number of rotatable bonds is 10. The SMILES string of the molecule is C=C1CC(C)C(NC(=O)C(CCCNC=O)C(C)NC(=O)c2ccc(N)c(Cl)c2)C1. The van der Waals surface area contributed by atoms with E-state index in [-0.39, 0.29) is 17.9 Å². The fourth-order valence-corrected chi connectivity index (χ4v) is 4.01. The smallest absolute Gasteiger partial charge is 0.251 e. The van der Waals surface area contributed by atoms with E-state index in [1.54, 1.807) is 12.1 Å². The van der Waals surface area contributed by atoms with Gasteiger partial charge in [0, 0.05) is 24.2 Å². The Morgan fingerprint density at radius 2 is 2.10 bits per heavy atom. The van der Waals surface area contributed by atoms with Crippen LogP contribution in [-0.4, -0.2) is 36.9 Å². The van der Waals surface area contributed by atoms with Gasteiger partial charge in [-0.2, -0.15) is 0 Å². The monoisotopic (exact) mass is 434 g/mol. The molecule has 7 nitrogen and oxygen atoms in total. The second-order valence-electron chi connectivity index (χ2n) is 8.07.